The first-order valence-electron chi connectivity index (χ1n) is 16.4. The Morgan fingerprint density at radius 3 is 2.42 bits per heavy atom. The second kappa shape index (κ2) is 12.7. The molecule has 2 saturated heterocycles. The molecule has 0 bridgehead atoms. The van der Waals surface area contributed by atoms with Crippen LogP contribution >= 0.6 is 34.5 Å². The number of carbonyl (C=O) groups is 4. The van der Waals surface area contributed by atoms with Gasteiger partial charge in [0.2, 0.25) is 11.8 Å². The van der Waals surface area contributed by atoms with Gasteiger partial charge >= 0.3 is 6.18 Å². The van der Waals surface area contributed by atoms with Gasteiger partial charge in [0, 0.05) is 27.6 Å². The minimum Gasteiger partial charge on any atom is -0.505 e. The van der Waals surface area contributed by atoms with E-state index in [2.05, 4.69) is 10.4 Å². The van der Waals surface area contributed by atoms with Crippen molar-refractivity contribution in [2.45, 2.75) is 36.9 Å². The van der Waals surface area contributed by atoms with Gasteiger partial charge < -0.3 is 5.11 Å². The van der Waals surface area contributed by atoms with Crippen LogP contribution < -0.4 is 5.43 Å². The maximum Gasteiger partial charge on any atom is 0.417 e. The number of para-hydroxylation sites is 1. The van der Waals surface area contributed by atoms with E-state index in [0.717, 1.165) is 10.9 Å². The third-order valence-corrected chi connectivity index (χ3v) is 12.3. The second-order valence-electron chi connectivity index (χ2n) is 13.4. The van der Waals surface area contributed by atoms with Gasteiger partial charge in [0.1, 0.15) is 0 Å². The Balaban J connectivity index is 1.30. The number of imide groups is 2. The molecular formula is C37H26Cl2F4N4O5S. The molecule has 2 N–H and O–H groups in total. The number of hydrazine groups is 1. The number of hydrogen-bond acceptors (Lipinski definition) is 8. The van der Waals surface area contributed by atoms with Gasteiger partial charge in [0.05, 0.1) is 40.3 Å². The molecule has 2 aliphatic heterocycles. The molecule has 3 fully saturated rings. The quantitative estimate of drug-likeness (QED) is 0.118. The number of aromatic hydroxyl groups is 1. The third kappa shape index (κ3) is 5.36. The summed E-state index contributed by atoms with van der Waals surface area (Å²) in [5, 5.41) is 13.5. The van der Waals surface area contributed by atoms with Crippen LogP contribution in [0.2, 0.25) is 10.0 Å². The number of phenolic OH excluding ortho intramolecular Hbond substituents is 1. The number of aromatic nitrogens is 1. The molecule has 9 nitrogen and oxygen atoms in total. The first-order valence-corrected chi connectivity index (χ1v) is 18.1. The van der Waals surface area contributed by atoms with Gasteiger partial charge in [0.25, 0.3) is 11.8 Å². The zero-order valence-electron chi connectivity index (χ0n) is 27.1. The molecule has 4 aromatic rings. The Morgan fingerprint density at radius 2 is 1.74 bits per heavy atom. The summed E-state index contributed by atoms with van der Waals surface area (Å²) >= 11 is 13.9. The molecule has 53 heavy (non-hydrogen) atoms. The lowest BCUT2D eigenvalue weighted by Gasteiger charge is -2.50. The highest BCUT2D eigenvalue weighted by molar-refractivity contribution is 7.09. The van der Waals surface area contributed by atoms with Crippen molar-refractivity contribution in [3.8, 4) is 5.75 Å². The number of nitrogens with zero attached hydrogens (tertiary/aromatic N) is 3. The third-order valence-electron chi connectivity index (χ3n) is 10.9. The number of hydrogen-bond donors (Lipinski definition) is 2. The van der Waals surface area contributed by atoms with Gasteiger partial charge in [-0.1, -0.05) is 65.2 Å². The number of fused-ring (bicyclic) bond motifs is 4. The van der Waals surface area contributed by atoms with E-state index in [-0.39, 0.29) is 36.4 Å². The van der Waals surface area contributed by atoms with Crippen LogP contribution in [0.5, 0.6) is 5.75 Å². The number of alkyl halides is 3. The number of nitrogens with one attached hydrogen (secondary N) is 1. The fourth-order valence-electron chi connectivity index (χ4n) is 8.67. The Morgan fingerprint density at radius 1 is 0.981 bits per heavy atom. The molecule has 8 rings (SSSR count). The Kier molecular flexibility index (Phi) is 8.43. The van der Waals surface area contributed by atoms with E-state index in [4.69, 9.17) is 23.2 Å². The Hall–Kier alpha value is -4.79. The number of likely N-dealkylation sites (tertiary alicyclic amines) is 1. The number of amides is 4. The lowest BCUT2D eigenvalue weighted by atomic mass is 9.49. The fourth-order valence-corrected chi connectivity index (χ4v) is 9.70. The average Bonchev–Trinajstić information content (AvgIpc) is 3.78. The minimum atomic E-state index is -4.78. The lowest BCUT2D eigenvalue weighted by Crippen LogP contribution is -2.53. The number of benzene rings is 2. The number of pyridine rings is 1. The maximum absolute atomic E-state index is 15.3. The molecule has 4 aliphatic rings. The number of carbonyl (C=O) groups excluding carboxylic acids is 4. The van der Waals surface area contributed by atoms with E-state index in [1.807, 2.05) is 11.4 Å². The molecule has 0 radical (unpaired) electrons. The van der Waals surface area contributed by atoms with E-state index in [0.29, 0.717) is 27.9 Å². The average molecular weight is 786 g/mol. The molecule has 1 saturated carbocycles. The number of phenols is 1. The van der Waals surface area contributed by atoms with Crippen molar-refractivity contribution in [3.05, 3.63) is 121 Å². The number of halogens is 6. The van der Waals surface area contributed by atoms with Gasteiger partial charge in [-0.3, -0.25) is 29.5 Å². The summed E-state index contributed by atoms with van der Waals surface area (Å²) in [6, 6.07) is 14.1. The highest BCUT2D eigenvalue weighted by Gasteiger charge is 2.70. The molecule has 2 aliphatic carbocycles. The second-order valence-corrected chi connectivity index (χ2v) is 15.3. The zero-order chi connectivity index (χ0) is 37.6. The summed E-state index contributed by atoms with van der Waals surface area (Å²) in [6.07, 6.45) is -2.55. The molecule has 6 atom stereocenters. The molecule has 0 spiro atoms. The Bertz CT molecular complexity index is 2230. The Labute approximate surface area is 312 Å². The van der Waals surface area contributed by atoms with Crippen molar-refractivity contribution in [2.24, 2.45) is 23.7 Å². The van der Waals surface area contributed by atoms with Crippen molar-refractivity contribution in [2.75, 3.05) is 5.43 Å². The summed E-state index contributed by atoms with van der Waals surface area (Å²) in [5.41, 5.74) is 0.148. The van der Waals surface area contributed by atoms with E-state index in [9.17, 15) is 32.7 Å². The summed E-state index contributed by atoms with van der Waals surface area (Å²) in [5.74, 6) is -9.82. The largest absolute Gasteiger partial charge is 0.505 e. The molecule has 2 aromatic carbocycles. The van der Waals surface area contributed by atoms with Gasteiger partial charge in [-0.2, -0.15) is 18.2 Å². The van der Waals surface area contributed by atoms with Gasteiger partial charge in [-0.25, -0.2) is 9.37 Å². The monoisotopic (exact) mass is 784 g/mol. The van der Waals surface area contributed by atoms with Crippen LogP contribution in [0, 0.1) is 29.5 Å². The summed E-state index contributed by atoms with van der Waals surface area (Å²) in [4.78, 5) is 63.7. The van der Waals surface area contributed by atoms with Crippen LogP contribution in [-0.2, 0) is 37.3 Å². The topological polar surface area (TPSA) is 120 Å². The molecule has 272 valence electrons. The normalized spacial score (nSPS) is 26.8. The van der Waals surface area contributed by atoms with Crippen LogP contribution in [-0.4, -0.2) is 43.6 Å². The summed E-state index contributed by atoms with van der Waals surface area (Å²) in [6.45, 7) is 0.0621. The number of rotatable bonds is 6. The van der Waals surface area contributed by atoms with Crippen molar-refractivity contribution < 1.29 is 41.8 Å². The van der Waals surface area contributed by atoms with E-state index in [1.165, 1.54) is 52.6 Å². The van der Waals surface area contributed by atoms with Crippen LogP contribution in [0.15, 0.2) is 83.9 Å². The standard InChI is InChI=1S/C37H26Cl2F4N4O5S/c38-19-8-6-17(7-9-19)36-25(33(50)47(35(36)52)45-31-26(39)13-18(15-44-31)37(41,42)43)14-24-21(29(36)23-4-1-5-27(40)30(23)48)10-11-22-28(24)34(51)46(32(22)49)16-20-3-2-12-53-20/h1-10,12-13,15,22,24-25,28-29,48H,11,14,16H2,(H,44,45). The van der Waals surface area contributed by atoms with Crippen molar-refractivity contribution in [3.63, 3.8) is 0 Å². The van der Waals surface area contributed by atoms with Crippen LogP contribution in [0.25, 0.3) is 0 Å². The highest BCUT2D eigenvalue weighted by atomic mass is 35.5. The molecule has 4 amide bonds. The van der Waals surface area contributed by atoms with Crippen LogP contribution in [0.1, 0.15) is 40.3 Å². The molecule has 16 heteroatoms. The molecule has 6 unspecified atom stereocenters. The molecular weight excluding hydrogens is 759 g/mol. The first-order chi connectivity index (χ1) is 25.2. The van der Waals surface area contributed by atoms with Gasteiger partial charge in [0.15, 0.2) is 17.4 Å². The predicted molar refractivity (Wildman–Crippen MR) is 185 cm³/mol. The number of allylic oxidation sites excluding steroid dienone is 2. The number of thiophene rings is 1. The first kappa shape index (κ1) is 35.3. The summed E-state index contributed by atoms with van der Waals surface area (Å²) in [7, 11) is 0. The van der Waals surface area contributed by atoms with Crippen molar-refractivity contribution in [1.29, 1.82) is 0 Å². The van der Waals surface area contributed by atoms with Crippen molar-refractivity contribution >= 4 is 64.0 Å². The smallest absolute Gasteiger partial charge is 0.417 e. The maximum atomic E-state index is 15.3. The highest BCUT2D eigenvalue weighted by Crippen LogP contribution is 2.65. The lowest BCUT2D eigenvalue weighted by molar-refractivity contribution is -0.142. The molecule has 2 aromatic heterocycles. The molecule has 4 heterocycles. The van der Waals surface area contributed by atoms with E-state index in [1.54, 1.807) is 12.1 Å². The summed E-state index contributed by atoms with van der Waals surface area (Å²) < 4.78 is 55.5. The SMILES string of the molecule is O=C1C2CC=C3C(CC4C(=O)N(Nc5ncc(C(F)(F)F)cc5Cl)C(=O)C4(c4ccc(Cl)cc4)C3c3cccc(F)c3O)C2C(=O)N1Cc1cccs1. The van der Waals surface area contributed by atoms with Crippen molar-refractivity contribution in [1.82, 2.24) is 14.9 Å². The predicted octanol–water partition coefficient (Wildman–Crippen LogP) is 7.50. The van der Waals surface area contributed by atoms with Crippen LogP contribution in [0.3, 0.4) is 0 Å². The zero-order valence-corrected chi connectivity index (χ0v) is 29.4. The van der Waals surface area contributed by atoms with Gasteiger partial charge in [-0.15, -0.1) is 11.3 Å². The van der Waals surface area contributed by atoms with Gasteiger partial charge in [-0.05, 0) is 60.0 Å². The fraction of sp³-hybridized carbons (Fsp3) is 0.270. The van der Waals surface area contributed by atoms with E-state index >= 15 is 9.18 Å². The number of anilines is 1. The van der Waals surface area contributed by atoms with E-state index < -0.39 is 86.9 Å². The van der Waals surface area contributed by atoms with Crippen LogP contribution in [0.4, 0.5) is 23.4 Å². The minimum absolute atomic E-state index is 0.0414.